The van der Waals surface area contributed by atoms with Gasteiger partial charge in [-0.1, -0.05) is 32.1 Å². The molecule has 1 saturated carbocycles. The van der Waals surface area contributed by atoms with Crippen molar-refractivity contribution < 1.29 is 0 Å². The second-order valence-electron chi connectivity index (χ2n) is 5.41. The van der Waals surface area contributed by atoms with Crippen LogP contribution in [0.4, 0.5) is 11.6 Å². The highest BCUT2D eigenvalue weighted by molar-refractivity contribution is 5.56. The van der Waals surface area contributed by atoms with Gasteiger partial charge in [-0.25, -0.2) is 9.97 Å². The van der Waals surface area contributed by atoms with E-state index >= 15 is 0 Å². The Labute approximate surface area is 116 Å². The van der Waals surface area contributed by atoms with Crippen LogP contribution in [0.2, 0.25) is 0 Å². The lowest BCUT2D eigenvalue weighted by Crippen LogP contribution is -2.22. The lowest BCUT2D eigenvalue weighted by molar-refractivity contribution is 0.470. The van der Waals surface area contributed by atoms with E-state index in [0.717, 1.165) is 23.7 Å². The fourth-order valence-corrected chi connectivity index (χ4v) is 2.74. The first kappa shape index (κ1) is 14.1. The van der Waals surface area contributed by atoms with E-state index < -0.39 is 0 Å². The van der Waals surface area contributed by atoms with Crippen molar-refractivity contribution in [2.45, 2.75) is 64.8 Å². The van der Waals surface area contributed by atoms with Gasteiger partial charge in [0.2, 0.25) is 0 Å². The third kappa shape index (κ3) is 4.08. The first-order valence-electron chi connectivity index (χ1n) is 7.63. The van der Waals surface area contributed by atoms with E-state index in [4.69, 9.17) is 0 Å². The Balaban J connectivity index is 2.02. The average molecular weight is 262 g/mol. The van der Waals surface area contributed by atoms with Crippen molar-refractivity contribution in [2.75, 3.05) is 17.2 Å². The molecule has 0 saturated heterocycles. The zero-order valence-corrected chi connectivity index (χ0v) is 12.2. The van der Waals surface area contributed by atoms with Gasteiger partial charge in [0.1, 0.15) is 18.0 Å². The predicted molar refractivity (Wildman–Crippen MR) is 80.7 cm³/mol. The zero-order valence-electron chi connectivity index (χ0n) is 12.2. The third-order valence-electron chi connectivity index (χ3n) is 3.87. The summed E-state index contributed by atoms with van der Waals surface area (Å²) in [6.45, 7) is 5.06. The summed E-state index contributed by atoms with van der Waals surface area (Å²) in [5.41, 5.74) is 1.13. The minimum absolute atomic E-state index is 0.573. The van der Waals surface area contributed by atoms with Crippen LogP contribution >= 0.6 is 0 Å². The molecule has 0 aliphatic heterocycles. The lowest BCUT2D eigenvalue weighted by Gasteiger charge is -2.22. The van der Waals surface area contributed by atoms with Gasteiger partial charge in [-0.05, 0) is 26.7 Å². The molecule has 106 valence electrons. The van der Waals surface area contributed by atoms with E-state index in [1.807, 2.05) is 0 Å². The second kappa shape index (κ2) is 7.31. The molecule has 0 unspecified atom stereocenters. The number of anilines is 2. The maximum atomic E-state index is 4.41. The molecule has 1 aliphatic rings. The highest BCUT2D eigenvalue weighted by Gasteiger charge is 2.14. The van der Waals surface area contributed by atoms with Crippen LogP contribution in [0.25, 0.3) is 0 Å². The van der Waals surface area contributed by atoms with Crippen LogP contribution in [0.1, 0.15) is 57.4 Å². The smallest absolute Gasteiger partial charge is 0.134 e. The SMILES string of the molecule is CCNc1ncnc(NC2CCCCCCC2)c1C. The van der Waals surface area contributed by atoms with E-state index in [1.54, 1.807) is 6.33 Å². The van der Waals surface area contributed by atoms with Crippen LogP contribution in [-0.4, -0.2) is 22.6 Å². The lowest BCUT2D eigenvalue weighted by atomic mass is 9.96. The van der Waals surface area contributed by atoms with Gasteiger partial charge in [0.25, 0.3) is 0 Å². The largest absolute Gasteiger partial charge is 0.370 e. The minimum Gasteiger partial charge on any atom is -0.370 e. The van der Waals surface area contributed by atoms with Crippen LogP contribution in [0, 0.1) is 6.92 Å². The maximum absolute atomic E-state index is 4.41. The fourth-order valence-electron chi connectivity index (χ4n) is 2.74. The Kier molecular flexibility index (Phi) is 5.43. The highest BCUT2D eigenvalue weighted by atomic mass is 15.1. The van der Waals surface area contributed by atoms with Gasteiger partial charge in [0.05, 0.1) is 0 Å². The molecule has 1 aromatic heterocycles. The molecular weight excluding hydrogens is 236 g/mol. The van der Waals surface area contributed by atoms with Crippen LogP contribution in [0.3, 0.4) is 0 Å². The fraction of sp³-hybridized carbons (Fsp3) is 0.733. The summed E-state index contributed by atoms with van der Waals surface area (Å²) in [7, 11) is 0. The molecule has 0 amide bonds. The number of rotatable bonds is 4. The van der Waals surface area contributed by atoms with Crippen molar-refractivity contribution in [1.29, 1.82) is 0 Å². The predicted octanol–water partition coefficient (Wildman–Crippen LogP) is 3.74. The second-order valence-corrected chi connectivity index (χ2v) is 5.41. The summed E-state index contributed by atoms with van der Waals surface area (Å²) in [5, 5.41) is 6.91. The Morgan fingerprint density at radius 3 is 2.37 bits per heavy atom. The molecule has 4 heteroatoms. The minimum atomic E-state index is 0.573. The molecule has 2 rings (SSSR count). The Bertz CT molecular complexity index is 384. The number of nitrogens with one attached hydrogen (secondary N) is 2. The van der Waals surface area contributed by atoms with Gasteiger partial charge >= 0.3 is 0 Å². The molecule has 1 fully saturated rings. The molecule has 19 heavy (non-hydrogen) atoms. The molecule has 0 bridgehead atoms. The van der Waals surface area contributed by atoms with E-state index in [-0.39, 0.29) is 0 Å². The standard InChI is InChI=1S/C15H26N4/c1-3-16-14-12(2)15(18-11-17-14)19-13-9-7-5-4-6-8-10-13/h11,13H,3-10H2,1-2H3,(H2,16,17,18,19). The van der Waals surface area contributed by atoms with Crippen LogP contribution in [0.5, 0.6) is 0 Å². The third-order valence-corrected chi connectivity index (χ3v) is 3.87. The normalized spacial score (nSPS) is 17.6. The summed E-state index contributed by atoms with van der Waals surface area (Å²) in [5.74, 6) is 1.95. The first-order chi connectivity index (χ1) is 9.31. The van der Waals surface area contributed by atoms with Gasteiger partial charge in [-0.15, -0.1) is 0 Å². The number of nitrogens with zero attached hydrogens (tertiary/aromatic N) is 2. The van der Waals surface area contributed by atoms with Crippen molar-refractivity contribution in [3.8, 4) is 0 Å². The van der Waals surface area contributed by atoms with Gasteiger partial charge in [0.15, 0.2) is 0 Å². The average Bonchev–Trinajstić information content (AvgIpc) is 2.37. The summed E-state index contributed by atoms with van der Waals surface area (Å²) < 4.78 is 0. The van der Waals surface area contributed by atoms with Crippen molar-refractivity contribution in [3.05, 3.63) is 11.9 Å². The van der Waals surface area contributed by atoms with E-state index in [1.165, 1.54) is 44.9 Å². The summed E-state index contributed by atoms with van der Waals surface area (Å²) >= 11 is 0. The van der Waals surface area contributed by atoms with E-state index in [2.05, 4.69) is 34.4 Å². The summed E-state index contributed by atoms with van der Waals surface area (Å²) in [6.07, 6.45) is 11.0. The molecule has 1 heterocycles. The van der Waals surface area contributed by atoms with Crippen molar-refractivity contribution in [2.24, 2.45) is 0 Å². The molecule has 0 spiro atoms. The van der Waals surface area contributed by atoms with Gasteiger partial charge in [-0.3, -0.25) is 0 Å². The monoisotopic (exact) mass is 262 g/mol. The van der Waals surface area contributed by atoms with Crippen LogP contribution < -0.4 is 10.6 Å². The Hall–Kier alpha value is -1.32. The first-order valence-corrected chi connectivity index (χ1v) is 7.63. The Morgan fingerprint density at radius 2 is 1.68 bits per heavy atom. The highest BCUT2D eigenvalue weighted by Crippen LogP contribution is 2.23. The number of hydrogen-bond donors (Lipinski definition) is 2. The topological polar surface area (TPSA) is 49.8 Å². The summed E-state index contributed by atoms with van der Waals surface area (Å²) in [6, 6.07) is 0.573. The van der Waals surface area contributed by atoms with Crippen molar-refractivity contribution >= 4 is 11.6 Å². The van der Waals surface area contributed by atoms with Gasteiger partial charge in [0, 0.05) is 18.2 Å². The van der Waals surface area contributed by atoms with Crippen molar-refractivity contribution in [1.82, 2.24) is 9.97 Å². The Morgan fingerprint density at radius 1 is 1.05 bits per heavy atom. The molecule has 0 aromatic carbocycles. The quantitative estimate of drug-likeness (QED) is 0.868. The van der Waals surface area contributed by atoms with Crippen LogP contribution in [0.15, 0.2) is 6.33 Å². The van der Waals surface area contributed by atoms with E-state index in [0.29, 0.717) is 6.04 Å². The number of hydrogen-bond acceptors (Lipinski definition) is 4. The zero-order chi connectivity index (χ0) is 13.5. The molecule has 1 aliphatic carbocycles. The molecule has 2 N–H and O–H groups in total. The van der Waals surface area contributed by atoms with E-state index in [9.17, 15) is 0 Å². The summed E-state index contributed by atoms with van der Waals surface area (Å²) in [4.78, 5) is 8.70. The van der Waals surface area contributed by atoms with Gasteiger partial charge in [-0.2, -0.15) is 0 Å². The molecular formula is C15H26N4. The molecule has 1 aromatic rings. The van der Waals surface area contributed by atoms with Crippen LogP contribution in [-0.2, 0) is 0 Å². The number of aromatic nitrogens is 2. The maximum Gasteiger partial charge on any atom is 0.134 e. The molecule has 0 radical (unpaired) electrons. The van der Waals surface area contributed by atoms with Crippen molar-refractivity contribution in [3.63, 3.8) is 0 Å². The molecule has 0 atom stereocenters. The molecule has 4 nitrogen and oxygen atoms in total. The van der Waals surface area contributed by atoms with Gasteiger partial charge < -0.3 is 10.6 Å².